The van der Waals surface area contributed by atoms with Gasteiger partial charge in [0.2, 0.25) is 5.95 Å². The van der Waals surface area contributed by atoms with Crippen LogP contribution in [0.1, 0.15) is 11.9 Å². The number of pyridine rings is 1. The first kappa shape index (κ1) is 17.0. The first-order valence-electron chi connectivity index (χ1n) is 8.08. The Labute approximate surface area is 147 Å². The van der Waals surface area contributed by atoms with Gasteiger partial charge in [0.25, 0.3) is 0 Å². The maximum atomic E-state index is 13.6. The van der Waals surface area contributed by atoms with Crippen molar-refractivity contribution in [2.24, 2.45) is 0 Å². The number of aryl methyl sites for hydroxylation is 1. The molecule has 0 unspecified atom stereocenters. The van der Waals surface area contributed by atoms with Gasteiger partial charge in [0.15, 0.2) is 6.23 Å². The van der Waals surface area contributed by atoms with Crippen LogP contribution in [0.5, 0.6) is 0 Å². The fourth-order valence-corrected chi connectivity index (χ4v) is 3.29. The van der Waals surface area contributed by atoms with Crippen molar-refractivity contribution in [3.8, 4) is 11.3 Å². The summed E-state index contributed by atoms with van der Waals surface area (Å²) in [6, 6.07) is 4.45. The third-order valence-electron chi connectivity index (χ3n) is 4.58. The Hall–Kier alpha value is -2.46. The maximum Gasteiger partial charge on any atom is 0.213 e. The van der Waals surface area contributed by atoms with E-state index in [0.29, 0.717) is 28.0 Å². The first-order chi connectivity index (χ1) is 12.5. The minimum absolute atomic E-state index is 0.387. The number of hydrogen-bond donors (Lipinski definition) is 3. The van der Waals surface area contributed by atoms with Crippen molar-refractivity contribution in [1.82, 2.24) is 19.5 Å². The van der Waals surface area contributed by atoms with Crippen LogP contribution >= 0.6 is 0 Å². The number of fused-ring (bicyclic) bond motifs is 1. The number of halogens is 1. The van der Waals surface area contributed by atoms with Gasteiger partial charge in [0.05, 0.1) is 18.0 Å². The molecule has 0 aromatic carbocycles. The molecule has 0 spiro atoms. The molecule has 3 aromatic heterocycles. The molecular formula is C17H17FN4O4. The summed E-state index contributed by atoms with van der Waals surface area (Å²) in [5, 5.41) is 30.3. The number of nitrogens with zero attached hydrogens (tertiary/aromatic N) is 4. The van der Waals surface area contributed by atoms with Crippen molar-refractivity contribution in [3.63, 3.8) is 0 Å². The highest BCUT2D eigenvalue weighted by Gasteiger charge is 2.44. The minimum atomic E-state index is -1.26. The lowest BCUT2D eigenvalue weighted by Crippen LogP contribution is -2.33. The Morgan fingerprint density at radius 2 is 2.04 bits per heavy atom. The van der Waals surface area contributed by atoms with E-state index in [4.69, 9.17) is 4.74 Å². The molecule has 3 N–H and O–H groups in total. The lowest BCUT2D eigenvalue weighted by Gasteiger charge is -2.17. The zero-order valence-corrected chi connectivity index (χ0v) is 13.8. The second-order valence-corrected chi connectivity index (χ2v) is 6.18. The number of aliphatic hydroxyl groups excluding tert-OH is 3. The largest absolute Gasteiger partial charge is 0.394 e. The minimum Gasteiger partial charge on any atom is -0.394 e. The molecule has 4 atom stereocenters. The van der Waals surface area contributed by atoms with Gasteiger partial charge in [-0.2, -0.15) is 4.39 Å². The summed E-state index contributed by atoms with van der Waals surface area (Å²) in [6.07, 6.45) is -1.35. The van der Waals surface area contributed by atoms with Gasteiger partial charge in [0.1, 0.15) is 30.3 Å². The fraction of sp³-hybridized carbons (Fsp3) is 0.353. The van der Waals surface area contributed by atoms with E-state index >= 15 is 0 Å². The molecule has 0 bridgehead atoms. The van der Waals surface area contributed by atoms with Crippen molar-refractivity contribution in [3.05, 3.63) is 42.4 Å². The highest BCUT2D eigenvalue weighted by atomic mass is 19.1. The molecule has 0 saturated carbocycles. The van der Waals surface area contributed by atoms with Gasteiger partial charge < -0.3 is 24.6 Å². The summed E-state index contributed by atoms with van der Waals surface area (Å²) in [5.41, 5.74) is 2.07. The van der Waals surface area contributed by atoms with E-state index in [1.807, 2.05) is 0 Å². The number of ether oxygens (including phenoxy) is 1. The Balaban J connectivity index is 1.91. The summed E-state index contributed by atoms with van der Waals surface area (Å²) in [6.45, 7) is 1.36. The summed E-state index contributed by atoms with van der Waals surface area (Å²) in [4.78, 5) is 12.4. The van der Waals surface area contributed by atoms with Crippen LogP contribution in [0.15, 0.2) is 30.7 Å². The van der Waals surface area contributed by atoms with Crippen LogP contribution < -0.4 is 0 Å². The SMILES string of the molecule is Cc1ncnc2c1c(-c1cccc(F)n1)cn2[C@@H]1O[C@H](CO)[C@@H](O)[C@H]1O. The fourth-order valence-electron chi connectivity index (χ4n) is 3.29. The molecule has 26 heavy (non-hydrogen) atoms. The molecule has 1 aliphatic rings. The second kappa shape index (κ2) is 6.36. The third kappa shape index (κ3) is 2.56. The van der Waals surface area contributed by atoms with Gasteiger partial charge >= 0.3 is 0 Å². The monoisotopic (exact) mass is 360 g/mol. The van der Waals surface area contributed by atoms with Crippen LogP contribution in [0, 0.1) is 12.9 Å². The molecule has 0 aliphatic carbocycles. The summed E-state index contributed by atoms with van der Waals surface area (Å²) in [5.74, 6) is -0.620. The van der Waals surface area contributed by atoms with Gasteiger partial charge in [0, 0.05) is 17.1 Å². The normalized spacial score (nSPS) is 25.9. The Morgan fingerprint density at radius 1 is 1.23 bits per heavy atom. The quantitative estimate of drug-likeness (QED) is 0.585. The third-order valence-corrected chi connectivity index (χ3v) is 4.58. The number of rotatable bonds is 3. The molecule has 136 valence electrons. The molecule has 4 heterocycles. The van der Waals surface area contributed by atoms with Crippen LogP contribution in [-0.4, -0.2) is 59.8 Å². The zero-order chi connectivity index (χ0) is 18.4. The van der Waals surface area contributed by atoms with Crippen molar-refractivity contribution in [2.75, 3.05) is 6.61 Å². The smallest absolute Gasteiger partial charge is 0.213 e. The van der Waals surface area contributed by atoms with Gasteiger partial charge in [-0.3, -0.25) is 0 Å². The second-order valence-electron chi connectivity index (χ2n) is 6.18. The molecule has 8 nitrogen and oxygen atoms in total. The number of hydrogen-bond acceptors (Lipinski definition) is 7. The van der Waals surface area contributed by atoms with Crippen LogP contribution in [0.25, 0.3) is 22.3 Å². The lowest BCUT2D eigenvalue weighted by atomic mass is 10.1. The van der Waals surface area contributed by atoms with E-state index in [1.165, 1.54) is 12.4 Å². The lowest BCUT2D eigenvalue weighted by molar-refractivity contribution is -0.0508. The van der Waals surface area contributed by atoms with E-state index in [1.54, 1.807) is 29.8 Å². The highest BCUT2D eigenvalue weighted by molar-refractivity contribution is 5.94. The van der Waals surface area contributed by atoms with Crippen LogP contribution in [-0.2, 0) is 4.74 Å². The topological polar surface area (TPSA) is 114 Å². The molecule has 3 aromatic rings. The van der Waals surface area contributed by atoms with Crippen molar-refractivity contribution < 1.29 is 24.4 Å². The summed E-state index contributed by atoms with van der Waals surface area (Å²) in [7, 11) is 0. The Bertz CT molecular complexity index is 963. The predicted octanol–water partition coefficient (Wildman–Crippen LogP) is 0.552. The van der Waals surface area contributed by atoms with E-state index in [0.717, 1.165) is 0 Å². The Kier molecular flexibility index (Phi) is 4.16. The van der Waals surface area contributed by atoms with Crippen LogP contribution in [0.4, 0.5) is 4.39 Å². The van der Waals surface area contributed by atoms with E-state index in [2.05, 4.69) is 15.0 Å². The zero-order valence-electron chi connectivity index (χ0n) is 13.8. The number of aliphatic hydroxyl groups is 3. The first-order valence-corrected chi connectivity index (χ1v) is 8.08. The maximum absolute atomic E-state index is 13.6. The van der Waals surface area contributed by atoms with Crippen molar-refractivity contribution in [2.45, 2.75) is 31.5 Å². The predicted molar refractivity (Wildman–Crippen MR) is 88.5 cm³/mol. The van der Waals surface area contributed by atoms with E-state index in [9.17, 15) is 19.7 Å². The van der Waals surface area contributed by atoms with E-state index < -0.39 is 37.1 Å². The molecule has 4 rings (SSSR count). The molecular weight excluding hydrogens is 343 g/mol. The van der Waals surface area contributed by atoms with E-state index in [-0.39, 0.29) is 0 Å². The molecule has 1 aliphatic heterocycles. The van der Waals surface area contributed by atoms with Crippen LogP contribution in [0.2, 0.25) is 0 Å². The average Bonchev–Trinajstić information content (AvgIpc) is 3.15. The summed E-state index contributed by atoms with van der Waals surface area (Å²) >= 11 is 0. The molecule has 1 fully saturated rings. The van der Waals surface area contributed by atoms with Gasteiger partial charge in [-0.15, -0.1) is 0 Å². The van der Waals surface area contributed by atoms with Crippen molar-refractivity contribution in [1.29, 1.82) is 0 Å². The standard InChI is InChI=1S/C17H17FN4O4/c1-8-13-9(10-3-2-4-12(18)21-10)5-22(16(13)20-7-19-8)17-15(25)14(24)11(6-23)26-17/h2-5,7,11,14-15,17,23-25H,6H2,1H3/t11-,14-,15-,17-/m1/s1. The average molecular weight is 360 g/mol. The molecule has 1 saturated heterocycles. The van der Waals surface area contributed by atoms with Crippen molar-refractivity contribution >= 4 is 11.0 Å². The number of aromatic nitrogens is 4. The Morgan fingerprint density at radius 3 is 2.73 bits per heavy atom. The van der Waals surface area contributed by atoms with Gasteiger partial charge in [-0.05, 0) is 19.1 Å². The van der Waals surface area contributed by atoms with Gasteiger partial charge in [-0.1, -0.05) is 6.07 Å². The van der Waals surface area contributed by atoms with Gasteiger partial charge in [-0.25, -0.2) is 15.0 Å². The van der Waals surface area contributed by atoms with Crippen LogP contribution in [0.3, 0.4) is 0 Å². The molecule has 0 radical (unpaired) electrons. The highest BCUT2D eigenvalue weighted by Crippen LogP contribution is 2.36. The molecule has 0 amide bonds. The molecule has 9 heteroatoms. The summed E-state index contributed by atoms with van der Waals surface area (Å²) < 4.78 is 20.7.